The number of carbonyl (C=O) groups is 2. The maximum atomic E-state index is 12.3. The van der Waals surface area contributed by atoms with Crippen molar-refractivity contribution >= 4 is 23.5 Å². The van der Waals surface area contributed by atoms with Gasteiger partial charge in [0.05, 0.1) is 0 Å². The van der Waals surface area contributed by atoms with Gasteiger partial charge in [-0.1, -0.05) is 42.8 Å². The summed E-state index contributed by atoms with van der Waals surface area (Å²) in [6.07, 6.45) is 0.605. The van der Waals surface area contributed by atoms with E-state index in [0.717, 1.165) is 11.1 Å². The third-order valence-electron chi connectivity index (χ3n) is 3.61. The molecule has 0 heterocycles. The van der Waals surface area contributed by atoms with Crippen LogP contribution in [-0.4, -0.2) is 23.6 Å². The fraction of sp³-hybridized carbons (Fsp3) is 0.263. The average Bonchev–Trinajstić information content (AvgIpc) is 2.58. The summed E-state index contributed by atoms with van der Waals surface area (Å²) < 4.78 is 5.13. The second-order valence-electron chi connectivity index (χ2n) is 5.78. The summed E-state index contributed by atoms with van der Waals surface area (Å²) in [6, 6.07) is 14.5. The molecule has 2 rings (SSSR count). The third kappa shape index (κ3) is 6.47. The first-order valence-corrected chi connectivity index (χ1v) is 8.27. The smallest absolute Gasteiger partial charge is 0.341 e. The van der Waals surface area contributed by atoms with Crippen LogP contribution >= 0.6 is 11.6 Å². The molecule has 1 unspecified atom stereocenters. The van der Waals surface area contributed by atoms with Gasteiger partial charge in [0.15, 0.2) is 6.61 Å². The second kappa shape index (κ2) is 9.08. The maximum absolute atomic E-state index is 12.3. The summed E-state index contributed by atoms with van der Waals surface area (Å²) in [7, 11) is 0. The fourth-order valence-corrected chi connectivity index (χ4v) is 2.58. The Morgan fingerprint density at radius 2 is 1.88 bits per heavy atom. The van der Waals surface area contributed by atoms with Crippen LogP contribution < -0.4 is 10.1 Å². The standard InChI is InChI=1S/C19H20ClNO4/c1-13(8-14-4-2-6-16(20)9-14)19(24)21-11-15-5-3-7-17(10-15)25-12-18(22)23/h2-7,9-10,13H,8,11-12H2,1H3,(H,21,24)(H,22,23). The lowest BCUT2D eigenvalue weighted by molar-refractivity contribution is -0.139. The summed E-state index contributed by atoms with van der Waals surface area (Å²) in [5.74, 6) is -0.823. The minimum Gasteiger partial charge on any atom is -0.482 e. The van der Waals surface area contributed by atoms with Crippen molar-refractivity contribution in [3.63, 3.8) is 0 Å². The van der Waals surface area contributed by atoms with Gasteiger partial charge in [-0.2, -0.15) is 0 Å². The van der Waals surface area contributed by atoms with E-state index in [2.05, 4.69) is 5.32 Å². The molecule has 2 aromatic rings. The van der Waals surface area contributed by atoms with Crippen molar-refractivity contribution in [1.29, 1.82) is 0 Å². The van der Waals surface area contributed by atoms with Crippen molar-refractivity contribution in [2.45, 2.75) is 19.9 Å². The largest absolute Gasteiger partial charge is 0.482 e. The van der Waals surface area contributed by atoms with Gasteiger partial charge in [-0.25, -0.2) is 4.79 Å². The van der Waals surface area contributed by atoms with Crippen LogP contribution in [0.25, 0.3) is 0 Å². The molecule has 0 saturated heterocycles. The molecule has 0 aliphatic carbocycles. The van der Waals surface area contributed by atoms with Gasteiger partial charge in [-0.15, -0.1) is 0 Å². The van der Waals surface area contributed by atoms with Gasteiger partial charge in [0.2, 0.25) is 5.91 Å². The molecule has 6 heteroatoms. The van der Waals surface area contributed by atoms with Crippen LogP contribution in [0.15, 0.2) is 48.5 Å². The predicted octanol–water partition coefficient (Wildman–Crippen LogP) is 3.30. The second-order valence-corrected chi connectivity index (χ2v) is 6.22. The first-order chi connectivity index (χ1) is 11.9. The first kappa shape index (κ1) is 18.8. The lowest BCUT2D eigenvalue weighted by Crippen LogP contribution is -2.29. The number of amides is 1. The van der Waals surface area contributed by atoms with Gasteiger partial charge in [-0.05, 0) is 41.8 Å². The molecule has 25 heavy (non-hydrogen) atoms. The summed E-state index contributed by atoms with van der Waals surface area (Å²) >= 11 is 5.96. The number of carbonyl (C=O) groups excluding carboxylic acids is 1. The van der Waals surface area contributed by atoms with Crippen LogP contribution in [0.2, 0.25) is 5.02 Å². The van der Waals surface area contributed by atoms with E-state index in [9.17, 15) is 9.59 Å². The quantitative estimate of drug-likeness (QED) is 0.756. The molecule has 132 valence electrons. The summed E-state index contributed by atoms with van der Waals surface area (Å²) in [5, 5.41) is 12.2. The minimum atomic E-state index is -1.03. The lowest BCUT2D eigenvalue weighted by atomic mass is 10.0. The number of carboxylic acid groups (broad SMARTS) is 1. The Bertz CT molecular complexity index is 748. The van der Waals surface area contributed by atoms with Crippen LogP contribution in [-0.2, 0) is 22.6 Å². The van der Waals surface area contributed by atoms with Crippen molar-refractivity contribution in [1.82, 2.24) is 5.32 Å². The van der Waals surface area contributed by atoms with Crippen LogP contribution in [0.5, 0.6) is 5.75 Å². The van der Waals surface area contributed by atoms with Crippen LogP contribution in [0.3, 0.4) is 0 Å². The SMILES string of the molecule is CC(Cc1cccc(Cl)c1)C(=O)NCc1cccc(OCC(=O)O)c1. The zero-order valence-electron chi connectivity index (χ0n) is 13.9. The fourth-order valence-electron chi connectivity index (χ4n) is 2.36. The van der Waals surface area contributed by atoms with Gasteiger partial charge in [0.1, 0.15) is 5.75 Å². The molecule has 0 aliphatic rings. The van der Waals surface area contributed by atoms with Gasteiger partial charge in [0.25, 0.3) is 0 Å². The summed E-state index contributed by atoms with van der Waals surface area (Å²) in [4.78, 5) is 22.8. The number of carboxylic acids is 1. The van der Waals surface area contributed by atoms with Crippen LogP contribution in [0.4, 0.5) is 0 Å². The number of aliphatic carboxylic acids is 1. The molecule has 0 spiro atoms. The molecule has 1 amide bonds. The van der Waals surface area contributed by atoms with Crippen molar-refractivity contribution in [2.24, 2.45) is 5.92 Å². The molecule has 0 bridgehead atoms. The summed E-state index contributed by atoms with van der Waals surface area (Å²) in [6.45, 7) is 1.82. The van der Waals surface area contributed by atoms with E-state index in [0.29, 0.717) is 23.7 Å². The van der Waals surface area contributed by atoms with Crippen LogP contribution in [0, 0.1) is 5.92 Å². The van der Waals surface area contributed by atoms with E-state index < -0.39 is 12.6 Å². The highest BCUT2D eigenvalue weighted by Crippen LogP contribution is 2.16. The molecular formula is C19H20ClNO4. The number of halogens is 1. The molecule has 0 radical (unpaired) electrons. The lowest BCUT2D eigenvalue weighted by Gasteiger charge is -2.13. The van der Waals surface area contributed by atoms with E-state index >= 15 is 0 Å². The van der Waals surface area contributed by atoms with Gasteiger partial charge >= 0.3 is 5.97 Å². The van der Waals surface area contributed by atoms with Crippen molar-refractivity contribution in [2.75, 3.05) is 6.61 Å². The average molecular weight is 362 g/mol. The van der Waals surface area contributed by atoms with E-state index in [-0.39, 0.29) is 11.8 Å². The highest BCUT2D eigenvalue weighted by atomic mass is 35.5. The normalized spacial score (nSPS) is 11.6. The van der Waals surface area contributed by atoms with Gasteiger partial charge in [-0.3, -0.25) is 4.79 Å². The topological polar surface area (TPSA) is 75.6 Å². The molecular weight excluding hydrogens is 342 g/mol. The molecule has 0 aromatic heterocycles. The van der Waals surface area contributed by atoms with Crippen LogP contribution in [0.1, 0.15) is 18.1 Å². The predicted molar refractivity (Wildman–Crippen MR) is 95.7 cm³/mol. The minimum absolute atomic E-state index is 0.0585. The molecule has 0 saturated carbocycles. The molecule has 2 N–H and O–H groups in total. The number of benzene rings is 2. The van der Waals surface area contributed by atoms with Crippen molar-refractivity contribution in [3.05, 3.63) is 64.7 Å². The Morgan fingerprint density at radius 1 is 1.16 bits per heavy atom. The Morgan fingerprint density at radius 3 is 2.60 bits per heavy atom. The van der Waals surface area contributed by atoms with Gasteiger partial charge < -0.3 is 15.2 Å². The molecule has 5 nitrogen and oxygen atoms in total. The maximum Gasteiger partial charge on any atom is 0.341 e. The number of nitrogens with one attached hydrogen (secondary N) is 1. The number of ether oxygens (including phenoxy) is 1. The van der Waals surface area contributed by atoms with E-state index in [4.69, 9.17) is 21.4 Å². The van der Waals surface area contributed by atoms with E-state index in [1.54, 1.807) is 24.3 Å². The van der Waals surface area contributed by atoms with Crippen molar-refractivity contribution in [3.8, 4) is 5.75 Å². The molecule has 0 fully saturated rings. The Labute approximate surface area is 151 Å². The molecule has 2 aromatic carbocycles. The Hall–Kier alpha value is -2.53. The Kier molecular flexibility index (Phi) is 6.83. The monoisotopic (exact) mass is 361 g/mol. The third-order valence-corrected chi connectivity index (χ3v) is 3.84. The van der Waals surface area contributed by atoms with E-state index in [1.165, 1.54) is 0 Å². The summed E-state index contributed by atoms with van der Waals surface area (Å²) in [5.41, 5.74) is 1.85. The number of hydrogen-bond acceptors (Lipinski definition) is 3. The number of hydrogen-bond donors (Lipinski definition) is 2. The Balaban J connectivity index is 1.86. The highest BCUT2D eigenvalue weighted by Gasteiger charge is 2.13. The molecule has 1 atom stereocenters. The molecule has 0 aliphatic heterocycles. The first-order valence-electron chi connectivity index (χ1n) is 7.89. The number of rotatable bonds is 8. The van der Waals surface area contributed by atoms with Gasteiger partial charge in [0, 0.05) is 17.5 Å². The zero-order chi connectivity index (χ0) is 18.2. The zero-order valence-corrected chi connectivity index (χ0v) is 14.6. The van der Waals surface area contributed by atoms with Crippen molar-refractivity contribution < 1.29 is 19.4 Å². The highest BCUT2D eigenvalue weighted by molar-refractivity contribution is 6.30. The van der Waals surface area contributed by atoms with E-state index in [1.807, 2.05) is 31.2 Å².